The van der Waals surface area contributed by atoms with E-state index in [0.717, 1.165) is 11.3 Å². The molecule has 0 atom stereocenters. The van der Waals surface area contributed by atoms with Crippen LogP contribution in [0.3, 0.4) is 0 Å². The van der Waals surface area contributed by atoms with Crippen molar-refractivity contribution in [3.05, 3.63) is 46.7 Å². The molecule has 0 spiro atoms. The zero-order chi connectivity index (χ0) is 14.6. The fraction of sp³-hybridized carbons (Fsp3) is 0.154. The molecule has 1 aromatic heterocycles. The predicted octanol–water partition coefficient (Wildman–Crippen LogP) is 2.30. The number of thiophene rings is 1. The Hall–Kier alpha value is -1.86. The van der Waals surface area contributed by atoms with E-state index in [2.05, 4.69) is 10.0 Å². The second-order valence-corrected chi connectivity index (χ2v) is 6.57. The number of nitrogens with one attached hydrogen (secondary N) is 2. The molecule has 7 heteroatoms. The second kappa shape index (κ2) is 6.06. The molecule has 20 heavy (non-hydrogen) atoms. The van der Waals surface area contributed by atoms with Crippen LogP contribution in [0.5, 0.6) is 0 Å². The average Bonchev–Trinajstić information content (AvgIpc) is 2.90. The van der Waals surface area contributed by atoms with Crippen molar-refractivity contribution >= 4 is 33.0 Å². The number of anilines is 1. The largest absolute Gasteiger partial charge is 0.352 e. The molecule has 1 aromatic carbocycles. The van der Waals surface area contributed by atoms with Crippen molar-refractivity contribution in [2.24, 2.45) is 0 Å². The van der Waals surface area contributed by atoms with Gasteiger partial charge in [0.25, 0.3) is 15.9 Å². The minimum atomic E-state index is -3.66. The third-order valence-corrected chi connectivity index (χ3v) is 4.91. The van der Waals surface area contributed by atoms with Crippen LogP contribution in [0.15, 0.2) is 46.7 Å². The number of hydrogen-bond acceptors (Lipinski definition) is 4. The van der Waals surface area contributed by atoms with Crippen LogP contribution in [-0.4, -0.2) is 20.9 Å². The van der Waals surface area contributed by atoms with Crippen LogP contribution in [0.25, 0.3) is 0 Å². The van der Waals surface area contributed by atoms with Crippen molar-refractivity contribution in [2.75, 3.05) is 11.3 Å². The van der Waals surface area contributed by atoms with Gasteiger partial charge in [-0.15, -0.1) is 11.3 Å². The molecule has 0 bridgehead atoms. The van der Waals surface area contributed by atoms with Gasteiger partial charge in [0.05, 0.1) is 9.77 Å². The van der Waals surface area contributed by atoms with E-state index in [1.165, 1.54) is 11.4 Å². The molecule has 0 aliphatic carbocycles. The Balaban J connectivity index is 2.20. The van der Waals surface area contributed by atoms with Crippen molar-refractivity contribution in [1.82, 2.24) is 5.32 Å². The Morgan fingerprint density at radius 3 is 2.60 bits per heavy atom. The molecule has 1 amide bonds. The van der Waals surface area contributed by atoms with E-state index < -0.39 is 10.0 Å². The lowest BCUT2D eigenvalue weighted by molar-refractivity contribution is 0.0959. The Bertz CT molecular complexity index is 693. The highest BCUT2D eigenvalue weighted by molar-refractivity contribution is 7.92. The maximum atomic E-state index is 12.2. The molecular weight excluding hydrogens is 296 g/mol. The molecule has 0 unspecified atom stereocenters. The Morgan fingerprint density at radius 1 is 1.25 bits per heavy atom. The smallest absolute Gasteiger partial charge is 0.262 e. The third-order valence-electron chi connectivity index (χ3n) is 2.47. The van der Waals surface area contributed by atoms with E-state index in [0.29, 0.717) is 17.1 Å². The van der Waals surface area contributed by atoms with Crippen molar-refractivity contribution in [3.8, 4) is 0 Å². The molecule has 0 radical (unpaired) electrons. The van der Waals surface area contributed by atoms with E-state index >= 15 is 0 Å². The minimum absolute atomic E-state index is 0.0904. The van der Waals surface area contributed by atoms with Gasteiger partial charge in [0.1, 0.15) is 0 Å². The summed E-state index contributed by atoms with van der Waals surface area (Å²) in [5, 5.41) is 4.09. The van der Waals surface area contributed by atoms with Crippen LogP contribution in [0, 0.1) is 0 Å². The molecule has 0 saturated carbocycles. The molecular formula is C13H14N2O3S2. The quantitative estimate of drug-likeness (QED) is 0.890. The van der Waals surface area contributed by atoms with Gasteiger partial charge in [0, 0.05) is 17.6 Å². The van der Waals surface area contributed by atoms with Gasteiger partial charge in [-0.3, -0.25) is 9.52 Å². The van der Waals surface area contributed by atoms with E-state index in [4.69, 9.17) is 0 Å². The highest BCUT2D eigenvalue weighted by Crippen LogP contribution is 2.21. The van der Waals surface area contributed by atoms with Gasteiger partial charge in [-0.1, -0.05) is 18.2 Å². The Morgan fingerprint density at radius 2 is 1.95 bits per heavy atom. The van der Waals surface area contributed by atoms with Gasteiger partial charge in [0.15, 0.2) is 0 Å². The number of carbonyl (C=O) groups excluding carboxylic acids is 1. The minimum Gasteiger partial charge on any atom is -0.352 e. The summed E-state index contributed by atoms with van der Waals surface area (Å²) in [4.78, 5) is 12.1. The summed E-state index contributed by atoms with van der Waals surface area (Å²) in [6, 6.07) is 9.98. The lowest BCUT2D eigenvalue weighted by atomic mass is 10.3. The number of rotatable bonds is 5. The molecule has 2 N–H and O–H groups in total. The first-order chi connectivity index (χ1) is 9.53. The maximum Gasteiger partial charge on any atom is 0.262 e. The third kappa shape index (κ3) is 3.37. The highest BCUT2D eigenvalue weighted by Gasteiger charge is 2.18. The van der Waals surface area contributed by atoms with Crippen LogP contribution in [-0.2, 0) is 10.0 Å². The van der Waals surface area contributed by atoms with Crippen LogP contribution < -0.4 is 10.0 Å². The monoisotopic (exact) mass is 310 g/mol. The molecule has 0 aliphatic heterocycles. The molecule has 5 nitrogen and oxygen atoms in total. The lowest BCUT2D eigenvalue weighted by Gasteiger charge is -2.05. The zero-order valence-electron chi connectivity index (χ0n) is 10.8. The van der Waals surface area contributed by atoms with Crippen molar-refractivity contribution in [1.29, 1.82) is 0 Å². The summed E-state index contributed by atoms with van der Waals surface area (Å²) >= 11 is 1.10. The molecule has 0 saturated heterocycles. The van der Waals surface area contributed by atoms with Crippen molar-refractivity contribution in [3.63, 3.8) is 0 Å². The summed E-state index contributed by atoms with van der Waals surface area (Å²) in [6.45, 7) is 2.31. The van der Waals surface area contributed by atoms with Gasteiger partial charge in [-0.2, -0.15) is 0 Å². The molecule has 1 heterocycles. The number of hydrogen-bond donors (Lipinski definition) is 2. The summed E-state index contributed by atoms with van der Waals surface area (Å²) in [6.07, 6.45) is 0. The van der Waals surface area contributed by atoms with Gasteiger partial charge < -0.3 is 5.32 Å². The molecule has 0 fully saturated rings. The molecule has 2 rings (SSSR count). The maximum absolute atomic E-state index is 12.2. The van der Waals surface area contributed by atoms with Gasteiger partial charge in [0.2, 0.25) is 0 Å². The van der Waals surface area contributed by atoms with Crippen LogP contribution in [0.1, 0.15) is 16.6 Å². The zero-order valence-corrected chi connectivity index (χ0v) is 12.4. The highest BCUT2D eigenvalue weighted by atomic mass is 32.2. The van der Waals surface area contributed by atoms with E-state index in [9.17, 15) is 13.2 Å². The van der Waals surface area contributed by atoms with E-state index in [-0.39, 0.29) is 10.8 Å². The fourth-order valence-corrected chi connectivity index (χ4v) is 3.80. The van der Waals surface area contributed by atoms with Gasteiger partial charge >= 0.3 is 0 Å². The van der Waals surface area contributed by atoms with Crippen molar-refractivity contribution in [2.45, 2.75) is 11.8 Å². The van der Waals surface area contributed by atoms with Crippen LogP contribution in [0.4, 0.5) is 5.69 Å². The van der Waals surface area contributed by atoms with Crippen LogP contribution >= 0.6 is 11.3 Å². The average molecular weight is 310 g/mol. The number of carbonyl (C=O) groups is 1. The summed E-state index contributed by atoms with van der Waals surface area (Å²) in [7, 11) is -3.66. The first-order valence-electron chi connectivity index (χ1n) is 5.97. The number of benzene rings is 1. The summed E-state index contributed by atoms with van der Waals surface area (Å²) < 4.78 is 26.8. The SMILES string of the molecule is CCNC(=O)c1cc(S(=O)(=O)Nc2ccccc2)cs1. The first-order valence-corrected chi connectivity index (χ1v) is 8.34. The lowest BCUT2D eigenvalue weighted by Crippen LogP contribution is -2.21. The predicted molar refractivity (Wildman–Crippen MR) is 79.6 cm³/mol. The molecule has 2 aromatic rings. The molecule has 106 valence electrons. The first kappa shape index (κ1) is 14.5. The number of amides is 1. The number of para-hydroxylation sites is 1. The standard InChI is InChI=1S/C13H14N2O3S2/c1-2-14-13(16)12-8-11(9-19-12)20(17,18)15-10-6-4-3-5-7-10/h3-9,15H,2H2,1H3,(H,14,16). The topological polar surface area (TPSA) is 75.3 Å². The van der Waals surface area contributed by atoms with Gasteiger partial charge in [-0.25, -0.2) is 8.42 Å². The Kier molecular flexibility index (Phi) is 4.41. The van der Waals surface area contributed by atoms with E-state index in [1.54, 1.807) is 37.3 Å². The summed E-state index contributed by atoms with van der Waals surface area (Å²) in [5.74, 6) is -0.265. The fourth-order valence-electron chi connectivity index (χ4n) is 1.55. The second-order valence-electron chi connectivity index (χ2n) is 3.98. The number of sulfonamides is 1. The summed E-state index contributed by atoms with van der Waals surface area (Å²) in [5.41, 5.74) is 0.484. The van der Waals surface area contributed by atoms with Crippen LogP contribution in [0.2, 0.25) is 0 Å². The van der Waals surface area contributed by atoms with Gasteiger partial charge in [-0.05, 0) is 25.1 Å². The van der Waals surface area contributed by atoms with Crippen molar-refractivity contribution < 1.29 is 13.2 Å². The normalized spacial score (nSPS) is 11.1. The Labute approximate surface area is 121 Å². The van der Waals surface area contributed by atoms with E-state index in [1.807, 2.05) is 0 Å². The molecule has 0 aliphatic rings.